The van der Waals surface area contributed by atoms with Gasteiger partial charge in [0.05, 0.1) is 0 Å². The molecule has 0 saturated carbocycles. The molecule has 0 spiro atoms. The topological polar surface area (TPSA) is 26.0 Å². The fourth-order valence-corrected chi connectivity index (χ4v) is 4.77. The molecule has 1 heterocycles. The standard InChI is InChI=1S/C22H17NOSe/c1-16-12-14-19(15-13-16)25-22-20(17-8-4-2-5-9-17)23-24-21(22)18-10-6-3-7-11-18/h2-15H,1H3. The average molecular weight is 390 g/mol. The number of rotatable bonds is 4. The molecule has 0 aliphatic rings. The molecule has 0 radical (unpaired) electrons. The molecule has 3 heteroatoms. The van der Waals surface area contributed by atoms with Crippen molar-refractivity contribution in [3.05, 3.63) is 90.5 Å². The summed E-state index contributed by atoms with van der Waals surface area (Å²) in [5.41, 5.74) is 4.38. The van der Waals surface area contributed by atoms with Gasteiger partial charge in [0, 0.05) is 0 Å². The molecule has 0 bridgehead atoms. The van der Waals surface area contributed by atoms with Gasteiger partial charge in [-0.05, 0) is 0 Å². The van der Waals surface area contributed by atoms with Crippen molar-refractivity contribution < 1.29 is 4.52 Å². The number of nitrogens with zero attached hydrogens (tertiary/aromatic N) is 1. The van der Waals surface area contributed by atoms with E-state index in [1.165, 1.54) is 14.5 Å². The summed E-state index contributed by atoms with van der Waals surface area (Å²) >= 11 is 0.115. The molecule has 0 fully saturated rings. The third-order valence-electron chi connectivity index (χ3n) is 3.97. The minimum absolute atomic E-state index is 0.115. The zero-order valence-electron chi connectivity index (χ0n) is 13.8. The van der Waals surface area contributed by atoms with Crippen LogP contribution in [0.15, 0.2) is 89.5 Å². The Morgan fingerprint density at radius 2 is 1.32 bits per heavy atom. The molecule has 25 heavy (non-hydrogen) atoms. The van der Waals surface area contributed by atoms with Gasteiger partial charge in [-0.25, -0.2) is 0 Å². The summed E-state index contributed by atoms with van der Waals surface area (Å²) in [5, 5.41) is 4.42. The summed E-state index contributed by atoms with van der Waals surface area (Å²) < 4.78 is 8.30. The van der Waals surface area contributed by atoms with Crippen LogP contribution in [0.2, 0.25) is 0 Å². The van der Waals surface area contributed by atoms with Crippen LogP contribution >= 0.6 is 0 Å². The van der Waals surface area contributed by atoms with E-state index in [-0.39, 0.29) is 15.0 Å². The molecule has 0 aliphatic carbocycles. The van der Waals surface area contributed by atoms with Gasteiger partial charge < -0.3 is 0 Å². The van der Waals surface area contributed by atoms with Crippen LogP contribution in [0.5, 0.6) is 0 Å². The molecule has 0 atom stereocenters. The molecule has 2 nitrogen and oxygen atoms in total. The number of benzene rings is 3. The van der Waals surface area contributed by atoms with Crippen LogP contribution < -0.4 is 8.92 Å². The van der Waals surface area contributed by atoms with Gasteiger partial charge in [0.2, 0.25) is 0 Å². The number of hydrogen-bond donors (Lipinski definition) is 0. The van der Waals surface area contributed by atoms with Crippen molar-refractivity contribution in [2.24, 2.45) is 0 Å². The van der Waals surface area contributed by atoms with E-state index in [9.17, 15) is 0 Å². The fourth-order valence-electron chi connectivity index (χ4n) is 2.65. The minimum atomic E-state index is 0.115. The Balaban J connectivity index is 1.83. The van der Waals surface area contributed by atoms with Crippen molar-refractivity contribution >= 4 is 23.9 Å². The molecule has 0 aliphatic heterocycles. The van der Waals surface area contributed by atoms with Crippen LogP contribution in [0.1, 0.15) is 5.56 Å². The molecule has 4 rings (SSSR count). The van der Waals surface area contributed by atoms with Gasteiger partial charge in [-0.15, -0.1) is 0 Å². The van der Waals surface area contributed by atoms with Crippen molar-refractivity contribution in [1.82, 2.24) is 5.16 Å². The monoisotopic (exact) mass is 391 g/mol. The van der Waals surface area contributed by atoms with Crippen LogP contribution in [0, 0.1) is 6.92 Å². The Kier molecular flexibility index (Phi) is 4.51. The third-order valence-corrected chi connectivity index (χ3v) is 6.26. The van der Waals surface area contributed by atoms with Crippen molar-refractivity contribution in [2.75, 3.05) is 0 Å². The predicted molar refractivity (Wildman–Crippen MR) is 104 cm³/mol. The zero-order chi connectivity index (χ0) is 17.1. The predicted octanol–water partition coefficient (Wildman–Crippen LogP) is 3.97. The van der Waals surface area contributed by atoms with Crippen LogP contribution in [-0.4, -0.2) is 20.1 Å². The second kappa shape index (κ2) is 7.10. The molecule has 3 aromatic carbocycles. The number of aromatic nitrogens is 1. The van der Waals surface area contributed by atoms with Crippen LogP contribution in [-0.2, 0) is 0 Å². The number of aryl methyl sites for hydroxylation is 1. The summed E-state index contributed by atoms with van der Waals surface area (Å²) in [5.74, 6) is 0.875. The second-order valence-corrected chi connectivity index (χ2v) is 8.11. The van der Waals surface area contributed by atoms with Gasteiger partial charge in [0.15, 0.2) is 0 Å². The molecular formula is C22H17NOSe. The summed E-state index contributed by atoms with van der Waals surface area (Å²) in [6.45, 7) is 2.11. The second-order valence-electron chi connectivity index (χ2n) is 5.84. The van der Waals surface area contributed by atoms with E-state index >= 15 is 0 Å². The Bertz CT molecular complexity index is 903. The van der Waals surface area contributed by atoms with E-state index < -0.39 is 0 Å². The van der Waals surface area contributed by atoms with Crippen molar-refractivity contribution in [2.45, 2.75) is 6.92 Å². The Morgan fingerprint density at radius 1 is 0.720 bits per heavy atom. The maximum absolute atomic E-state index is 5.80. The van der Waals surface area contributed by atoms with E-state index in [1.54, 1.807) is 0 Å². The normalized spacial score (nSPS) is 10.8. The fraction of sp³-hybridized carbons (Fsp3) is 0.0455. The first-order valence-corrected chi connectivity index (χ1v) is 9.87. The zero-order valence-corrected chi connectivity index (χ0v) is 15.6. The molecule has 122 valence electrons. The SMILES string of the molecule is Cc1ccc([Se]c2c(-c3ccccc3)noc2-c2ccccc2)cc1. The van der Waals surface area contributed by atoms with Gasteiger partial charge in [-0.2, -0.15) is 0 Å². The van der Waals surface area contributed by atoms with E-state index in [0.29, 0.717) is 0 Å². The third kappa shape index (κ3) is 3.43. The van der Waals surface area contributed by atoms with E-state index in [0.717, 1.165) is 22.6 Å². The number of hydrogen-bond acceptors (Lipinski definition) is 2. The van der Waals surface area contributed by atoms with Gasteiger partial charge >= 0.3 is 154 Å². The summed E-state index contributed by atoms with van der Waals surface area (Å²) in [6.07, 6.45) is 0. The van der Waals surface area contributed by atoms with Crippen LogP contribution in [0.25, 0.3) is 22.6 Å². The molecule has 0 N–H and O–H groups in total. The quantitative estimate of drug-likeness (QED) is 0.493. The first kappa shape index (κ1) is 15.9. The van der Waals surface area contributed by atoms with E-state index in [4.69, 9.17) is 4.52 Å². The first-order chi connectivity index (χ1) is 12.3. The Labute approximate surface area is 153 Å². The maximum atomic E-state index is 5.80. The van der Waals surface area contributed by atoms with E-state index in [2.05, 4.69) is 60.6 Å². The van der Waals surface area contributed by atoms with Gasteiger partial charge in [-0.1, -0.05) is 0 Å². The Hall–Kier alpha value is -2.61. The summed E-state index contributed by atoms with van der Waals surface area (Å²) in [4.78, 5) is 0. The van der Waals surface area contributed by atoms with Crippen LogP contribution in [0.3, 0.4) is 0 Å². The van der Waals surface area contributed by atoms with E-state index in [1.807, 2.05) is 36.4 Å². The van der Waals surface area contributed by atoms with Gasteiger partial charge in [-0.3, -0.25) is 0 Å². The van der Waals surface area contributed by atoms with Crippen LogP contribution in [0.4, 0.5) is 0 Å². The van der Waals surface area contributed by atoms with Crippen molar-refractivity contribution in [3.8, 4) is 22.6 Å². The molecule has 0 unspecified atom stereocenters. The summed E-state index contributed by atoms with van der Waals surface area (Å²) in [6, 6.07) is 29.2. The Morgan fingerprint density at radius 3 is 1.96 bits per heavy atom. The van der Waals surface area contributed by atoms with Crippen molar-refractivity contribution in [1.29, 1.82) is 0 Å². The molecule has 0 saturated heterocycles. The van der Waals surface area contributed by atoms with Gasteiger partial charge in [0.25, 0.3) is 0 Å². The average Bonchev–Trinajstić information content (AvgIpc) is 3.08. The summed E-state index contributed by atoms with van der Waals surface area (Å²) in [7, 11) is 0. The first-order valence-electron chi connectivity index (χ1n) is 8.16. The van der Waals surface area contributed by atoms with Gasteiger partial charge in [0.1, 0.15) is 0 Å². The molecule has 4 aromatic rings. The van der Waals surface area contributed by atoms with Crippen molar-refractivity contribution in [3.63, 3.8) is 0 Å². The molecular weight excluding hydrogens is 373 g/mol. The molecule has 1 aromatic heterocycles. The molecule has 0 amide bonds.